The molecule has 0 saturated heterocycles. The summed E-state index contributed by atoms with van der Waals surface area (Å²) in [5.41, 5.74) is 0. The molecule has 96 valence electrons. The van der Waals surface area contributed by atoms with E-state index in [0.29, 0.717) is 17.9 Å². The van der Waals surface area contributed by atoms with Crippen LogP contribution in [0.5, 0.6) is 0 Å². The second kappa shape index (κ2) is 5.49. The van der Waals surface area contributed by atoms with Gasteiger partial charge in [-0.3, -0.25) is 0 Å². The van der Waals surface area contributed by atoms with E-state index in [0.717, 1.165) is 18.9 Å². The highest BCUT2D eigenvalue weighted by molar-refractivity contribution is 5.24. The third-order valence-electron chi connectivity index (χ3n) is 3.27. The van der Waals surface area contributed by atoms with Crippen LogP contribution in [0.4, 0.5) is 6.01 Å². The molecule has 5 heteroatoms. The molecule has 3 unspecified atom stereocenters. The van der Waals surface area contributed by atoms with E-state index in [2.05, 4.69) is 34.7 Å². The van der Waals surface area contributed by atoms with Gasteiger partial charge in [0.2, 0.25) is 5.89 Å². The van der Waals surface area contributed by atoms with E-state index in [9.17, 15) is 0 Å². The van der Waals surface area contributed by atoms with E-state index in [4.69, 9.17) is 4.42 Å². The zero-order valence-electron chi connectivity index (χ0n) is 10.9. The van der Waals surface area contributed by atoms with Crippen molar-refractivity contribution in [2.75, 3.05) is 11.9 Å². The van der Waals surface area contributed by atoms with Crippen molar-refractivity contribution in [3.8, 4) is 0 Å². The van der Waals surface area contributed by atoms with Gasteiger partial charge in [0.1, 0.15) is 0 Å². The van der Waals surface area contributed by atoms with Crippen LogP contribution in [-0.2, 0) is 0 Å². The predicted octanol–water partition coefficient (Wildman–Crippen LogP) is 2.34. The van der Waals surface area contributed by atoms with Crippen LogP contribution in [0.1, 0.15) is 52.0 Å². The van der Waals surface area contributed by atoms with Crippen LogP contribution >= 0.6 is 0 Å². The van der Waals surface area contributed by atoms with Gasteiger partial charge in [-0.15, -0.1) is 5.10 Å². The number of anilines is 1. The van der Waals surface area contributed by atoms with Gasteiger partial charge in [-0.05, 0) is 32.2 Å². The van der Waals surface area contributed by atoms with Crippen molar-refractivity contribution in [1.29, 1.82) is 0 Å². The van der Waals surface area contributed by atoms with Gasteiger partial charge < -0.3 is 15.1 Å². The molecule has 1 aromatic heterocycles. The smallest absolute Gasteiger partial charge is 0.315 e. The molecule has 0 aliphatic heterocycles. The fourth-order valence-electron chi connectivity index (χ4n) is 1.95. The summed E-state index contributed by atoms with van der Waals surface area (Å²) in [5.74, 6) is 1.44. The first-order chi connectivity index (χ1) is 8.24. The van der Waals surface area contributed by atoms with Crippen LogP contribution in [0, 0.1) is 5.92 Å². The van der Waals surface area contributed by atoms with E-state index in [1.54, 1.807) is 0 Å². The van der Waals surface area contributed by atoms with Crippen molar-refractivity contribution >= 4 is 6.01 Å². The first-order valence-corrected chi connectivity index (χ1v) is 6.57. The Labute approximate surface area is 102 Å². The monoisotopic (exact) mass is 238 g/mol. The van der Waals surface area contributed by atoms with Crippen LogP contribution in [0.25, 0.3) is 0 Å². The molecule has 0 spiro atoms. The summed E-state index contributed by atoms with van der Waals surface area (Å²) in [4.78, 5) is 0. The molecule has 1 heterocycles. The summed E-state index contributed by atoms with van der Waals surface area (Å²) in [6, 6.07) is 1.22. The van der Waals surface area contributed by atoms with Crippen molar-refractivity contribution < 1.29 is 4.42 Å². The van der Waals surface area contributed by atoms with Crippen LogP contribution in [0.3, 0.4) is 0 Å². The Kier molecular flexibility index (Phi) is 3.99. The van der Waals surface area contributed by atoms with Crippen LogP contribution in [0.15, 0.2) is 4.42 Å². The molecule has 1 aliphatic carbocycles. The summed E-state index contributed by atoms with van der Waals surface area (Å²) in [6.45, 7) is 7.35. The molecule has 3 atom stereocenters. The van der Waals surface area contributed by atoms with Gasteiger partial charge in [-0.2, -0.15) is 0 Å². The quantitative estimate of drug-likeness (QED) is 0.763. The second-order valence-corrected chi connectivity index (χ2v) is 4.78. The van der Waals surface area contributed by atoms with Crippen LogP contribution in [0.2, 0.25) is 0 Å². The lowest BCUT2D eigenvalue weighted by atomic mass is 10.3. The Balaban J connectivity index is 1.83. The van der Waals surface area contributed by atoms with Crippen molar-refractivity contribution in [2.24, 2.45) is 5.92 Å². The first kappa shape index (κ1) is 12.4. The Bertz CT molecular complexity index is 352. The molecule has 0 aromatic carbocycles. The average molecular weight is 238 g/mol. The highest BCUT2D eigenvalue weighted by Gasteiger charge is 2.36. The molecular formula is C12H22N4O. The van der Waals surface area contributed by atoms with E-state index < -0.39 is 0 Å². The topological polar surface area (TPSA) is 63.0 Å². The van der Waals surface area contributed by atoms with Gasteiger partial charge in [0.15, 0.2) is 0 Å². The predicted molar refractivity (Wildman–Crippen MR) is 66.8 cm³/mol. The minimum atomic E-state index is 0.124. The Morgan fingerprint density at radius 2 is 2.24 bits per heavy atom. The highest BCUT2D eigenvalue weighted by atomic mass is 16.4. The lowest BCUT2D eigenvalue weighted by molar-refractivity contribution is 0.422. The summed E-state index contributed by atoms with van der Waals surface area (Å²) in [6.07, 6.45) is 3.54. The number of nitrogens with zero attached hydrogens (tertiary/aromatic N) is 2. The molecule has 0 amide bonds. The third-order valence-corrected chi connectivity index (χ3v) is 3.27. The van der Waals surface area contributed by atoms with Gasteiger partial charge in [0.05, 0.1) is 6.04 Å². The molecule has 0 radical (unpaired) electrons. The van der Waals surface area contributed by atoms with Crippen LogP contribution < -0.4 is 10.6 Å². The maximum absolute atomic E-state index is 5.59. The largest absolute Gasteiger partial charge is 0.406 e. The minimum absolute atomic E-state index is 0.124. The summed E-state index contributed by atoms with van der Waals surface area (Å²) in [5, 5.41) is 14.7. The number of aromatic nitrogens is 2. The van der Waals surface area contributed by atoms with E-state index >= 15 is 0 Å². The van der Waals surface area contributed by atoms with E-state index in [1.165, 1.54) is 12.8 Å². The molecule has 17 heavy (non-hydrogen) atoms. The fourth-order valence-corrected chi connectivity index (χ4v) is 1.95. The summed E-state index contributed by atoms with van der Waals surface area (Å²) >= 11 is 0. The average Bonchev–Trinajstić information content (AvgIpc) is 2.91. The summed E-state index contributed by atoms with van der Waals surface area (Å²) < 4.78 is 5.59. The maximum atomic E-state index is 5.59. The third kappa shape index (κ3) is 3.19. The maximum Gasteiger partial charge on any atom is 0.315 e. The molecule has 2 rings (SSSR count). The van der Waals surface area contributed by atoms with E-state index in [-0.39, 0.29) is 6.04 Å². The van der Waals surface area contributed by atoms with Gasteiger partial charge in [0, 0.05) is 6.04 Å². The molecule has 1 fully saturated rings. The van der Waals surface area contributed by atoms with Gasteiger partial charge in [-0.1, -0.05) is 25.4 Å². The Morgan fingerprint density at radius 3 is 2.88 bits per heavy atom. The van der Waals surface area contributed by atoms with Crippen LogP contribution in [-0.4, -0.2) is 22.8 Å². The molecule has 1 saturated carbocycles. The zero-order valence-corrected chi connectivity index (χ0v) is 10.9. The van der Waals surface area contributed by atoms with Crippen molar-refractivity contribution in [1.82, 2.24) is 15.5 Å². The standard InChI is InChI=1S/C12H22N4O/c1-4-6-13-8(3)11-15-16-12(17-11)14-10-7-9(10)5-2/h8-10,13H,4-7H2,1-3H3,(H,14,16). The Morgan fingerprint density at radius 1 is 1.41 bits per heavy atom. The number of hydrogen-bond acceptors (Lipinski definition) is 5. The van der Waals surface area contributed by atoms with Crippen molar-refractivity contribution in [2.45, 2.75) is 52.1 Å². The lowest BCUT2D eigenvalue weighted by Crippen LogP contribution is -2.19. The molecule has 1 aliphatic rings. The zero-order chi connectivity index (χ0) is 12.3. The fraction of sp³-hybridized carbons (Fsp3) is 0.833. The molecule has 2 N–H and O–H groups in total. The van der Waals surface area contributed by atoms with Gasteiger partial charge in [-0.25, -0.2) is 0 Å². The first-order valence-electron chi connectivity index (χ1n) is 6.57. The highest BCUT2D eigenvalue weighted by Crippen LogP contribution is 2.35. The van der Waals surface area contributed by atoms with Gasteiger partial charge in [0.25, 0.3) is 0 Å². The molecule has 1 aromatic rings. The van der Waals surface area contributed by atoms with E-state index in [1.807, 2.05) is 6.92 Å². The normalized spacial score (nSPS) is 24.6. The second-order valence-electron chi connectivity index (χ2n) is 4.78. The number of nitrogens with one attached hydrogen (secondary N) is 2. The molecule has 0 bridgehead atoms. The Hall–Kier alpha value is -1.10. The number of rotatable bonds is 7. The SMILES string of the molecule is CCCNC(C)c1nnc(NC2CC2CC)o1. The van der Waals surface area contributed by atoms with Crippen molar-refractivity contribution in [3.05, 3.63) is 5.89 Å². The molecule has 5 nitrogen and oxygen atoms in total. The molecular weight excluding hydrogens is 216 g/mol. The minimum Gasteiger partial charge on any atom is -0.406 e. The van der Waals surface area contributed by atoms with Gasteiger partial charge >= 0.3 is 6.01 Å². The van der Waals surface area contributed by atoms with Crippen molar-refractivity contribution in [3.63, 3.8) is 0 Å². The lowest BCUT2D eigenvalue weighted by Gasteiger charge is -2.07. The number of hydrogen-bond donors (Lipinski definition) is 2. The summed E-state index contributed by atoms with van der Waals surface area (Å²) in [7, 11) is 0.